The van der Waals surface area contributed by atoms with Crippen molar-refractivity contribution in [1.29, 1.82) is 0 Å². The number of aromatic nitrogens is 10. The summed E-state index contributed by atoms with van der Waals surface area (Å²) in [6.45, 7) is 16.3. The van der Waals surface area contributed by atoms with Crippen molar-refractivity contribution in [2.24, 2.45) is 5.73 Å². The molecular formula is C93H97ClN18O11. The Kier molecular flexibility index (Phi) is 29.9. The molecule has 11 N–H and O–H groups in total. The van der Waals surface area contributed by atoms with Gasteiger partial charge in [-0.15, -0.1) is 0 Å². The lowest BCUT2D eigenvalue weighted by molar-refractivity contribution is 0.0496. The predicted molar refractivity (Wildman–Crippen MR) is 481 cm³/mol. The molecule has 5 aromatic heterocycles. The maximum atomic E-state index is 14.3. The summed E-state index contributed by atoms with van der Waals surface area (Å²) in [6, 6.07) is 68.2. The average Bonchev–Trinajstić information content (AvgIpc) is 0.754. The van der Waals surface area contributed by atoms with E-state index >= 15 is 0 Å². The summed E-state index contributed by atoms with van der Waals surface area (Å²) in [7, 11) is 4.05. The van der Waals surface area contributed by atoms with E-state index in [0.29, 0.717) is 145 Å². The molecule has 0 aliphatic rings. The zero-order chi connectivity index (χ0) is 88.0. The second-order valence-corrected chi connectivity index (χ2v) is 29.6. The molecular weight excluding hydrogens is 1580 g/mol. The lowest BCUT2D eigenvalue weighted by Gasteiger charge is -2.25. The number of nitrogen functional groups attached to an aromatic ring is 2. The number of esters is 3. The Morgan fingerprint density at radius 2 is 0.764 bits per heavy atom. The Hall–Kier alpha value is -14.7. The third-order valence-electron chi connectivity index (χ3n) is 19.3. The first-order valence-electron chi connectivity index (χ1n) is 39.7. The summed E-state index contributed by atoms with van der Waals surface area (Å²) in [5.41, 5.74) is 27.6. The molecule has 9 aromatic carbocycles. The van der Waals surface area contributed by atoms with Crippen molar-refractivity contribution in [1.82, 2.24) is 53.9 Å². The number of nitrogens with one attached hydrogen (secondary N) is 5. The van der Waals surface area contributed by atoms with Crippen molar-refractivity contribution < 1.29 is 38.1 Å². The average molecular weight is 1680 g/mol. The van der Waals surface area contributed by atoms with E-state index in [-0.39, 0.29) is 52.6 Å². The molecule has 3 atom stereocenters. The highest BCUT2D eigenvalue weighted by atomic mass is 35.5. The Morgan fingerprint density at radius 3 is 1.09 bits per heavy atom. The molecule has 632 valence electrons. The lowest BCUT2D eigenvalue weighted by atomic mass is 10.1. The number of halogens is 1. The molecule has 0 unspecified atom stereocenters. The van der Waals surface area contributed by atoms with E-state index < -0.39 is 23.7 Å². The van der Waals surface area contributed by atoms with Gasteiger partial charge >= 0.3 is 24.0 Å². The van der Waals surface area contributed by atoms with Crippen molar-refractivity contribution in [2.45, 2.75) is 118 Å². The Morgan fingerprint density at radius 1 is 0.423 bits per heavy atom. The second-order valence-electron chi connectivity index (χ2n) is 29.2. The van der Waals surface area contributed by atoms with Crippen molar-refractivity contribution in [3.63, 3.8) is 0 Å². The van der Waals surface area contributed by atoms with Crippen LogP contribution in [0.15, 0.2) is 245 Å². The van der Waals surface area contributed by atoms with E-state index in [1.54, 1.807) is 83.0 Å². The maximum Gasteiger partial charge on any atom is 0.408 e. The summed E-state index contributed by atoms with van der Waals surface area (Å²) in [5, 5.41) is 18.2. The molecule has 14 aromatic rings. The van der Waals surface area contributed by atoms with Gasteiger partial charge in [-0.05, 0) is 186 Å². The third kappa shape index (κ3) is 22.6. The number of fused-ring (bicyclic) bond motifs is 3. The van der Waals surface area contributed by atoms with Crippen LogP contribution in [0.25, 0.3) is 49.8 Å². The van der Waals surface area contributed by atoms with Crippen LogP contribution in [0.4, 0.5) is 39.6 Å². The SMILES string of the molecule is CC[C@H](N)c1nc2cccc(NCc3ccc(C(=O)OC)cc3)c2c(=O)n1-c1ccccc1.CC[C@H](NC(=O)OC(C)(C)C)c1nc2cccc(NCc3ccc(C(=O)OC)cc3)c2c(=O)n1-c1ccccc1.CC[C@H](Nc1cc(C)nc(N)n1)c1nc2cccc(NCc3ccc(C(=O)OC)cc3)c2c(=O)n1-c1ccccc1.Cc1cc(Cl)nc(N)n1. The molecule has 0 radical (unpaired) electrons. The molecule has 0 aliphatic heterocycles. The van der Waals surface area contributed by atoms with Gasteiger partial charge in [0, 0.05) is 54.2 Å². The summed E-state index contributed by atoms with van der Waals surface area (Å²) in [4.78, 5) is 121. The number of methoxy groups -OCH3 is 3. The number of alkyl carbamates (subject to hydrolysis) is 1. The summed E-state index contributed by atoms with van der Waals surface area (Å²) < 4.78 is 24.6. The fourth-order valence-electron chi connectivity index (χ4n) is 13.3. The number of aryl methyl sites for hydroxylation is 2. The van der Waals surface area contributed by atoms with E-state index in [4.69, 9.17) is 62.7 Å². The number of amides is 1. The first kappa shape index (κ1) is 89.1. The highest BCUT2D eigenvalue weighted by molar-refractivity contribution is 6.29. The molecule has 29 nitrogen and oxygen atoms in total. The number of benzene rings is 9. The molecule has 0 spiro atoms. The Labute approximate surface area is 715 Å². The number of hydrogen-bond donors (Lipinski definition) is 8. The molecule has 14 rings (SSSR count). The summed E-state index contributed by atoms with van der Waals surface area (Å²) >= 11 is 5.52. The van der Waals surface area contributed by atoms with Crippen molar-refractivity contribution in [3.8, 4) is 17.1 Å². The highest BCUT2D eigenvalue weighted by Crippen LogP contribution is 2.31. The minimum Gasteiger partial charge on any atom is -0.465 e. The van der Waals surface area contributed by atoms with Crippen LogP contribution in [0.3, 0.4) is 0 Å². The molecule has 0 saturated heterocycles. The summed E-state index contributed by atoms with van der Waals surface area (Å²) in [6.07, 6.45) is 1.20. The van der Waals surface area contributed by atoms with Gasteiger partial charge in [-0.25, -0.2) is 49.1 Å². The zero-order valence-corrected chi connectivity index (χ0v) is 70.7. The first-order valence-corrected chi connectivity index (χ1v) is 40.0. The van der Waals surface area contributed by atoms with Crippen LogP contribution in [0, 0.1) is 13.8 Å². The van der Waals surface area contributed by atoms with Gasteiger partial charge in [0.2, 0.25) is 11.9 Å². The number of hydrogen-bond acceptors (Lipinski definition) is 25. The second kappa shape index (κ2) is 41.3. The Balaban J connectivity index is 0.000000171. The van der Waals surface area contributed by atoms with Crippen LogP contribution < -0.4 is 60.5 Å². The van der Waals surface area contributed by atoms with Gasteiger partial charge in [-0.2, -0.15) is 4.98 Å². The Bertz CT molecular complexity index is 6190. The largest absolute Gasteiger partial charge is 0.465 e. The molecule has 0 bridgehead atoms. The van der Waals surface area contributed by atoms with Gasteiger partial charge in [0.15, 0.2) is 0 Å². The van der Waals surface area contributed by atoms with Crippen LogP contribution in [0.2, 0.25) is 5.15 Å². The zero-order valence-electron chi connectivity index (χ0n) is 70.0. The number of rotatable bonds is 24. The number of para-hydroxylation sites is 3. The number of carbonyl (C=O) groups is 4. The number of nitrogens with two attached hydrogens (primary N) is 3. The van der Waals surface area contributed by atoms with Gasteiger partial charge < -0.3 is 62.7 Å². The van der Waals surface area contributed by atoms with Gasteiger partial charge in [0.05, 0.1) is 106 Å². The minimum absolute atomic E-state index is 0.171. The maximum absolute atomic E-state index is 14.3. The molecule has 0 fully saturated rings. The third-order valence-corrected chi connectivity index (χ3v) is 19.5. The molecule has 30 heteroatoms. The van der Waals surface area contributed by atoms with E-state index in [1.165, 1.54) is 21.3 Å². The van der Waals surface area contributed by atoms with Gasteiger partial charge in [-0.1, -0.05) is 142 Å². The van der Waals surface area contributed by atoms with Gasteiger partial charge in [0.1, 0.15) is 34.0 Å². The van der Waals surface area contributed by atoms with Crippen LogP contribution in [0.1, 0.15) is 156 Å². The number of carbonyl (C=O) groups excluding carboxylic acids is 4. The first-order chi connectivity index (χ1) is 59.2. The van der Waals surface area contributed by atoms with Gasteiger partial charge in [0.25, 0.3) is 16.7 Å². The van der Waals surface area contributed by atoms with Crippen LogP contribution in [-0.4, -0.2) is 99.5 Å². The fraction of sp³-hybridized carbons (Fsp3) is 0.226. The smallest absolute Gasteiger partial charge is 0.408 e. The topological polar surface area (TPSA) is 400 Å². The van der Waals surface area contributed by atoms with E-state index in [9.17, 15) is 33.6 Å². The number of ether oxygens (including phenoxy) is 4. The van der Waals surface area contributed by atoms with Crippen molar-refractivity contribution in [3.05, 3.63) is 329 Å². The van der Waals surface area contributed by atoms with Crippen LogP contribution in [0.5, 0.6) is 0 Å². The van der Waals surface area contributed by atoms with Crippen molar-refractivity contribution >= 4 is 103 Å². The number of nitrogens with zero attached hydrogens (tertiary/aromatic N) is 10. The van der Waals surface area contributed by atoms with Crippen molar-refractivity contribution in [2.75, 3.05) is 54.1 Å². The molecule has 1 amide bonds. The highest BCUT2D eigenvalue weighted by Gasteiger charge is 2.28. The van der Waals surface area contributed by atoms with E-state index in [2.05, 4.69) is 46.5 Å². The fourth-order valence-corrected chi connectivity index (χ4v) is 13.6. The van der Waals surface area contributed by atoms with E-state index in [0.717, 1.165) is 33.8 Å². The monoisotopic (exact) mass is 1680 g/mol. The number of anilines is 6. The standard InChI is InChI=1S/C31H31N7O3.C31H34N4O5.C26H26N4O3.C5H6ClN3/c1-4-23(35-26-17-19(2)34-31(32)37-26)28-36-25-12-8-11-24(27(25)29(39)38(28)22-9-6-5-7-10-22)33-18-20-13-15-21(16-14-20)30(40)41-3;1-6-23(34-30(38)40-31(2,3)4)27-33-25-14-10-13-24(26(25)28(36)35(27)22-11-8-7-9-12-22)32-19-20-15-17-21(18-16-20)29(37)39-5;1-3-20(27)24-29-22-11-7-10-21(23(22)25(31)30(24)19-8-5-4-6-9-19)28-16-17-12-14-18(15-13-17)26(32)33-2;1-3-2-4(6)9-5(7)8-3/h5-17,23,33H,4,18H2,1-3H3,(H3,32,34,35,37);7-18,23,32H,6,19H2,1-5H3,(H,34,38);4-15,20,28H,3,16,27H2,1-2H3;2H,1H3,(H2,7,8,9)/t2*23-;20-;/m000./s1. The van der Waals surface area contributed by atoms with Gasteiger partial charge in [-0.3, -0.25) is 28.1 Å². The summed E-state index contributed by atoms with van der Waals surface area (Å²) in [5.74, 6) is 1.29. The van der Waals surface area contributed by atoms with Crippen LogP contribution >= 0.6 is 11.6 Å². The lowest BCUT2D eigenvalue weighted by Crippen LogP contribution is -2.37. The quantitative estimate of drug-likeness (QED) is 0.0158. The van der Waals surface area contributed by atoms with E-state index in [1.807, 2.05) is 217 Å². The minimum atomic E-state index is -0.668. The molecule has 0 aliphatic carbocycles. The normalized spacial score (nSPS) is 11.7. The molecule has 0 saturated carbocycles. The molecule has 123 heavy (non-hydrogen) atoms. The van der Waals surface area contributed by atoms with Crippen LogP contribution in [-0.2, 0) is 38.6 Å². The molecule has 5 heterocycles. The predicted octanol–water partition coefficient (Wildman–Crippen LogP) is 16.0.